The van der Waals surface area contributed by atoms with E-state index in [1.165, 1.54) is 0 Å². The number of carboxylic acids is 1. The molecular weight excluding hydrogens is 306 g/mol. The fourth-order valence-corrected chi connectivity index (χ4v) is 2.56. The van der Waals surface area contributed by atoms with Gasteiger partial charge < -0.3 is 10.4 Å². The first kappa shape index (κ1) is 15.7. The lowest BCUT2D eigenvalue weighted by Crippen LogP contribution is -2.47. The quantitative estimate of drug-likeness (QED) is 0.872. The van der Waals surface area contributed by atoms with E-state index in [0.29, 0.717) is 5.82 Å². The highest BCUT2D eigenvalue weighted by atomic mass is 16.4. The normalized spacial score (nSPS) is 22.8. The van der Waals surface area contributed by atoms with Crippen LogP contribution in [0.5, 0.6) is 0 Å². The van der Waals surface area contributed by atoms with Crippen LogP contribution in [0.4, 0.5) is 0 Å². The first-order valence-corrected chi connectivity index (χ1v) is 7.47. The number of nitrogens with one attached hydrogen (secondary N) is 1. The van der Waals surface area contributed by atoms with E-state index in [1.54, 1.807) is 29.1 Å². The van der Waals surface area contributed by atoms with Gasteiger partial charge in [0, 0.05) is 12.3 Å². The van der Waals surface area contributed by atoms with Crippen LogP contribution in [0.25, 0.3) is 11.8 Å². The molecule has 1 aliphatic carbocycles. The second-order valence-corrected chi connectivity index (χ2v) is 5.60. The van der Waals surface area contributed by atoms with Crippen molar-refractivity contribution in [2.45, 2.75) is 12.5 Å². The molecule has 1 aliphatic rings. The molecule has 0 bridgehead atoms. The zero-order valence-corrected chi connectivity index (χ0v) is 13.1. The van der Waals surface area contributed by atoms with Crippen LogP contribution < -0.4 is 5.32 Å². The molecular formula is C17H17N5O2. The average Bonchev–Trinajstić information content (AvgIpc) is 3.04. The second-order valence-electron chi connectivity index (χ2n) is 5.60. The molecule has 7 heteroatoms. The van der Waals surface area contributed by atoms with Crippen molar-refractivity contribution in [3.63, 3.8) is 0 Å². The average molecular weight is 323 g/mol. The van der Waals surface area contributed by atoms with E-state index in [1.807, 2.05) is 49.4 Å². The molecule has 0 amide bonds. The molecule has 2 atom stereocenters. The maximum Gasteiger partial charge on any atom is 0.313 e. The van der Waals surface area contributed by atoms with Gasteiger partial charge >= 0.3 is 5.97 Å². The van der Waals surface area contributed by atoms with Crippen molar-refractivity contribution < 1.29 is 9.90 Å². The number of nitrogens with zero attached hydrogens (tertiary/aromatic N) is 4. The minimum atomic E-state index is -0.881. The van der Waals surface area contributed by atoms with Gasteiger partial charge in [-0.05, 0) is 29.5 Å². The minimum absolute atomic E-state index is 0.541. The molecule has 0 aliphatic heterocycles. The molecule has 1 aromatic heterocycles. The molecule has 1 heterocycles. The zero-order chi connectivity index (χ0) is 17.0. The van der Waals surface area contributed by atoms with E-state index in [-0.39, 0.29) is 0 Å². The molecule has 0 fully saturated rings. The molecule has 24 heavy (non-hydrogen) atoms. The Hall–Kier alpha value is -3.22. The van der Waals surface area contributed by atoms with E-state index in [9.17, 15) is 9.90 Å². The van der Waals surface area contributed by atoms with E-state index >= 15 is 0 Å². The summed E-state index contributed by atoms with van der Waals surface area (Å²) in [5.41, 5.74) is 0.125. The van der Waals surface area contributed by atoms with Crippen molar-refractivity contribution in [1.29, 1.82) is 0 Å². The number of hydrogen-bond donors (Lipinski definition) is 2. The van der Waals surface area contributed by atoms with Crippen molar-refractivity contribution in [2.24, 2.45) is 5.92 Å². The monoisotopic (exact) mass is 323 g/mol. The summed E-state index contributed by atoms with van der Waals surface area (Å²) in [6.45, 7) is 1.83. The van der Waals surface area contributed by atoms with Gasteiger partial charge in [0.2, 0.25) is 0 Å². The lowest BCUT2D eigenvalue weighted by atomic mass is 9.82. The molecule has 3 rings (SSSR count). The maximum absolute atomic E-state index is 11.4. The SMILES string of the molecule is CC1(N/C=C/c2nnnn2-c2ccccc2)C=CC=CC1C(=O)O. The van der Waals surface area contributed by atoms with Crippen molar-refractivity contribution >= 4 is 12.0 Å². The van der Waals surface area contributed by atoms with Crippen LogP contribution >= 0.6 is 0 Å². The van der Waals surface area contributed by atoms with Crippen molar-refractivity contribution in [1.82, 2.24) is 25.5 Å². The Bertz CT molecular complexity index is 809. The van der Waals surface area contributed by atoms with Gasteiger partial charge in [0.05, 0.1) is 11.2 Å². The highest BCUT2D eigenvalue weighted by Gasteiger charge is 2.35. The van der Waals surface area contributed by atoms with Gasteiger partial charge in [0.25, 0.3) is 0 Å². The molecule has 122 valence electrons. The number of para-hydroxylation sites is 1. The number of rotatable bonds is 5. The first-order valence-electron chi connectivity index (χ1n) is 7.47. The third-order valence-electron chi connectivity index (χ3n) is 3.89. The molecule has 2 N–H and O–H groups in total. The number of tetrazole rings is 1. The van der Waals surface area contributed by atoms with E-state index in [4.69, 9.17) is 0 Å². The molecule has 0 spiro atoms. The van der Waals surface area contributed by atoms with Gasteiger partial charge in [-0.2, -0.15) is 4.68 Å². The largest absolute Gasteiger partial charge is 0.481 e. The van der Waals surface area contributed by atoms with Gasteiger partial charge in [-0.1, -0.05) is 42.5 Å². The summed E-state index contributed by atoms with van der Waals surface area (Å²) in [7, 11) is 0. The van der Waals surface area contributed by atoms with Gasteiger partial charge in [0.15, 0.2) is 5.82 Å². The summed E-state index contributed by atoms with van der Waals surface area (Å²) in [5.74, 6) is -0.995. The first-order chi connectivity index (χ1) is 11.6. The zero-order valence-electron chi connectivity index (χ0n) is 13.1. The lowest BCUT2D eigenvalue weighted by molar-refractivity contribution is -0.141. The third kappa shape index (κ3) is 3.10. The number of allylic oxidation sites excluding steroid dienone is 2. The molecule has 1 aromatic carbocycles. The molecule has 2 unspecified atom stereocenters. The molecule has 2 aromatic rings. The van der Waals surface area contributed by atoms with Gasteiger partial charge in [-0.3, -0.25) is 4.79 Å². The molecule has 0 saturated heterocycles. The Morgan fingerprint density at radius 3 is 2.88 bits per heavy atom. The highest BCUT2D eigenvalue weighted by molar-refractivity contribution is 5.75. The van der Waals surface area contributed by atoms with Crippen LogP contribution in [-0.4, -0.2) is 36.8 Å². The summed E-state index contributed by atoms with van der Waals surface area (Å²) in [5, 5.41) is 24.1. The minimum Gasteiger partial charge on any atom is -0.481 e. The third-order valence-corrected chi connectivity index (χ3v) is 3.89. The second kappa shape index (κ2) is 6.49. The van der Waals surface area contributed by atoms with Crippen LogP contribution in [0.1, 0.15) is 12.7 Å². The Kier molecular flexibility index (Phi) is 4.24. The molecule has 7 nitrogen and oxygen atoms in total. The number of carboxylic acid groups (broad SMARTS) is 1. The van der Waals surface area contributed by atoms with Crippen LogP contribution in [0.3, 0.4) is 0 Å². The smallest absolute Gasteiger partial charge is 0.313 e. The lowest BCUT2D eigenvalue weighted by Gasteiger charge is -2.33. The number of benzene rings is 1. The van der Waals surface area contributed by atoms with E-state index in [0.717, 1.165) is 5.69 Å². The summed E-state index contributed by atoms with van der Waals surface area (Å²) in [6.07, 6.45) is 10.4. The van der Waals surface area contributed by atoms with E-state index < -0.39 is 17.4 Å². The fraction of sp³-hybridized carbons (Fsp3) is 0.176. The molecule has 0 saturated carbocycles. The predicted octanol–water partition coefficient (Wildman–Crippen LogP) is 1.81. The van der Waals surface area contributed by atoms with Crippen molar-refractivity contribution in [3.05, 3.63) is 66.7 Å². The number of aromatic nitrogens is 4. The summed E-state index contributed by atoms with van der Waals surface area (Å²) in [4.78, 5) is 11.4. The summed E-state index contributed by atoms with van der Waals surface area (Å²) < 4.78 is 1.60. The molecule has 0 radical (unpaired) electrons. The fourth-order valence-electron chi connectivity index (χ4n) is 2.56. The van der Waals surface area contributed by atoms with Crippen LogP contribution in [0, 0.1) is 5.92 Å². The summed E-state index contributed by atoms with van der Waals surface area (Å²) >= 11 is 0. The maximum atomic E-state index is 11.4. The van der Waals surface area contributed by atoms with Gasteiger partial charge in [-0.25, -0.2) is 0 Å². The highest BCUT2D eigenvalue weighted by Crippen LogP contribution is 2.24. The van der Waals surface area contributed by atoms with Gasteiger partial charge in [0.1, 0.15) is 5.92 Å². The van der Waals surface area contributed by atoms with Crippen LogP contribution in [-0.2, 0) is 4.79 Å². The van der Waals surface area contributed by atoms with Crippen LogP contribution in [0.15, 0.2) is 60.8 Å². The predicted molar refractivity (Wildman–Crippen MR) is 89.1 cm³/mol. The Labute approximate surface area is 139 Å². The van der Waals surface area contributed by atoms with E-state index in [2.05, 4.69) is 20.8 Å². The number of carbonyl (C=O) groups is 1. The topological polar surface area (TPSA) is 92.9 Å². The van der Waals surface area contributed by atoms with Crippen LogP contribution in [0.2, 0.25) is 0 Å². The Morgan fingerprint density at radius 1 is 1.33 bits per heavy atom. The standard InChI is InChI=1S/C17H17N5O2/c1-17(11-6-5-9-14(17)16(23)24)18-12-10-15-19-20-21-22(15)13-7-3-2-4-8-13/h2-12,14,18H,1H3,(H,23,24)/b12-10+. The van der Waals surface area contributed by atoms with Crippen molar-refractivity contribution in [3.8, 4) is 5.69 Å². The Balaban J connectivity index is 1.78. The number of aliphatic carboxylic acids is 1. The summed E-state index contributed by atoms with van der Waals surface area (Å²) in [6, 6.07) is 9.52. The van der Waals surface area contributed by atoms with Gasteiger partial charge in [-0.15, -0.1) is 5.10 Å². The number of hydrogen-bond acceptors (Lipinski definition) is 5. The van der Waals surface area contributed by atoms with Crippen molar-refractivity contribution in [2.75, 3.05) is 0 Å². The Morgan fingerprint density at radius 2 is 2.12 bits per heavy atom.